The Morgan fingerprint density at radius 2 is 2.27 bits per heavy atom. The lowest BCUT2D eigenvalue weighted by molar-refractivity contribution is -0.119. The number of benzene rings is 1. The Kier molecular flexibility index (Phi) is 2.96. The number of carbonyl (C=O) groups excluding carboxylic acids is 1. The fourth-order valence-electron chi connectivity index (χ4n) is 1.62. The third kappa shape index (κ3) is 2.51. The number of methoxy groups -OCH3 is 1. The van der Waals surface area contributed by atoms with Crippen molar-refractivity contribution in [2.24, 2.45) is 5.92 Å². The number of hydrogen-bond acceptors (Lipinski definition) is 2. The maximum Gasteiger partial charge on any atom is 0.140 e. The first kappa shape index (κ1) is 10.5. The van der Waals surface area contributed by atoms with Gasteiger partial charge in [-0.15, -0.1) is 0 Å². The maximum atomic E-state index is 11.7. The van der Waals surface area contributed by atoms with Gasteiger partial charge in [-0.3, -0.25) is 4.79 Å². The first-order valence-electron chi connectivity index (χ1n) is 5.06. The fourth-order valence-corrected chi connectivity index (χ4v) is 1.82. The normalized spacial score (nSPS) is 15.1. The summed E-state index contributed by atoms with van der Waals surface area (Å²) >= 11 is 5.89. The largest absolute Gasteiger partial charge is 0.496 e. The first-order chi connectivity index (χ1) is 7.20. The molecule has 1 saturated carbocycles. The number of ketones is 1. The van der Waals surface area contributed by atoms with E-state index in [-0.39, 0.29) is 5.92 Å². The summed E-state index contributed by atoms with van der Waals surface area (Å²) < 4.78 is 5.19. The van der Waals surface area contributed by atoms with Crippen molar-refractivity contribution in [3.63, 3.8) is 0 Å². The molecule has 1 aliphatic rings. The molecule has 2 rings (SSSR count). The molecule has 0 unspecified atom stereocenters. The van der Waals surface area contributed by atoms with E-state index in [2.05, 4.69) is 0 Å². The fraction of sp³-hybridized carbons (Fsp3) is 0.417. The minimum atomic E-state index is 0.286. The van der Waals surface area contributed by atoms with Gasteiger partial charge in [-0.1, -0.05) is 11.6 Å². The van der Waals surface area contributed by atoms with E-state index in [9.17, 15) is 4.79 Å². The second kappa shape index (κ2) is 4.23. The molecule has 1 aromatic carbocycles. The van der Waals surface area contributed by atoms with Gasteiger partial charge in [0.25, 0.3) is 0 Å². The van der Waals surface area contributed by atoms with Crippen LogP contribution >= 0.6 is 11.6 Å². The van der Waals surface area contributed by atoms with Crippen molar-refractivity contribution in [1.82, 2.24) is 0 Å². The number of carbonyl (C=O) groups is 1. The quantitative estimate of drug-likeness (QED) is 0.786. The molecule has 0 spiro atoms. The average molecular weight is 225 g/mol. The van der Waals surface area contributed by atoms with Gasteiger partial charge in [-0.05, 0) is 31.0 Å². The van der Waals surface area contributed by atoms with Gasteiger partial charge >= 0.3 is 0 Å². The number of Topliss-reactive ketones (excluding diaryl/α,β-unsaturated/α-hetero) is 1. The number of hydrogen-bond donors (Lipinski definition) is 0. The molecule has 0 aromatic heterocycles. The van der Waals surface area contributed by atoms with E-state index in [1.165, 1.54) is 0 Å². The summed E-state index contributed by atoms with van der Waals surface area (Å²) in [5, 5.41) is 0.648. The van der Waals surface area contributed by atoms with Crippen LogP contribution in [0.15, 0.2) is 18.2 Å². The maximum absolute atomic E-state index is 11.7. The van der Waals surface area contributed by atoms with Crippen LogP contribution in [0.25, 0.3) is 0 Å². The predicted octanol–water partition coefficient (Wildman–Crippen LogP) is 2.87. The lowest BCUT2D eigenvalue weighted by Crippen LogP contribution is -2.06. The molecule has 15 heavy (non-hydrogen) atoms. The average Bonchev–Trinajstić information content (AvgIpc) is 3.01. The first-order valence-corrected chi connectivity index (χ1v) is 5.43. The Bertz CT molecular complexity index is 383. The van der Waals surface area contributed by atoms with E-state index in [0.29, 0.717) is 17.2 Å². The van der Waals surface area contributed by atoms with E-state index in [1.807, 2.05) is 0 Å². The van der Waals surface area contributed by atoms with Gasteiger partial charge in [0.2, 0.25) is 0 Å². The molecule has 0 atom stereocenters. The molecule has 80 valence electrons. The van der Waals surface area contributed by atoms with Crippen LogP contribution in [-0.2, 0) is 11.2 Å². The lowest BCUT2D eigenvalue weighted by atomic mass is 10.1. The van der Waals surface area contributed by atoms with Crippen molar-refractivity contribution >= 4 is 17.4 Å². The van der Waals surface area contributed by atoms with Crippen LogP contribution in [0.2, 0.25) is 5.02 Å². The topological polar surface area (TPSA) is 26.3 Å². The zero-order valence-electron chi connectivity index (χ0n) is 8.63. The zero-order valence-corrected chi connectivity index (χ0v) is 9.38. The second-order valence-electron chi connectivity index (χ2n) is 3.87. The molecule has 0 saturated heterocycles. The predicted molar refractivity (Wildman–Crippen MR) is 59.4 cm³/mol. The molecule has 1 fully saturated rings. The van der Waals surface area contributed by atoms with Gasteiger partial charge in [0.15, 0.2) is 0 Å². The molecule has 0 aliphatic heterocycles. The molecule has 0 radical (unpaired) electrons. The molecule has 0 amide bonds. The molecular weight excluding hydrogens is 212 g/mol. The molecule has 0 N–H and O–H groups in total. The van der Waals surface area contributed by atoms with E-state index in [1.54, 1.807) is 25.3 Å². The van der Waals surface area contributed by atoms with Gasteiger partial charge in [-0.2, -0.15) is 0 Å². The van der Waals surface area contributed by atoms with Crippen molar-refractivity contribution in [1.29, 1.82) is 0 Å². The second-order valence-corrected chi connectivity index (χ2v) is 4.31. The summed E-state index contributed by atoms with van der Waals surface area (Å²) in [5.74, 6) is 1.33. The van der Waals surface area contributed by atoms with Crippen LogP contribution in [0.1, 0.15) is 18.4 Å². The highest BCUT2D eigenvalue weighted by molar-refractivity contribution is 6.30. The Morgan fingerprint density at radius 1 is 1.53 bits per heavy atom. The summed E-state index contributed by atoms with van der Waals surface area (Å²) in [5.41, 5.74) is 0.891. The van der Waals surface area contributed by atoms with Crippen LogP contribution in [0.3, 0.4) is 0 Å². The molecule has 0 bridgehead atoms. The van der Waals surface area contributed by atoms with Crippen molar-refractivity contribution < 1.29 is 9.53 Å². The van der Waals surface area contributed by atoms with Gasteiger partial charge in [0.05, 0.1) is 7.11 Å². The molecule has 0 heterocycles. The molecule has 3 heteroatoms. The van der Waals surface area contributed by atoms with E-state index in [4.69, 9.17) is 16.3 Å². The molecule has 2 nitrogen and oxygen atoms in total. The van der Waals surface area contributed by atoms with Crippen LogP contribution in [-0.4, -0.2) is 12.9 Å². The van der Waals surface area contributed by atoms with Crippen molar-refractivity contribution in [2.45, 2.75) is 19.3 Å². The summed E-state index contributed by atoms with van der Waals surface area (Å²) in [6.07, 6.45) is 2.53. The van der Waals surface area contributed by atoms with Gasteiger partial charge in [-0.25, -0.2) is 0 Å². The highest BCUT2D eigenvalue weighted by atomic mass is 35.5. The van der Waals surface area contributed by atoms with Gasteiger partial charge in [0, 0.05) is 22.9 Å². The highest BCUT2D eigenvalue weighted by Gasteiger charge is 2.29. The monoisotopic (exact) mass is 224 g/mol. The Morgan fingerprint density at radius 3 is 2.87 bits per heavy atom. The summed E-state index contributed by atoms with van der Waals surface area (Å²) in [4.78, 5) is 11.7. The van der Waals surface area contributed by atoms with Crippen molar-refractivity contribution in [2.75, 3.05) is 7.11 Å². The van der Waals surface area contributed by atoms with Crippen molar-refractivity contribution in [3.05, 3.63) is 28.8 Å². The van der Waals surface area contributed by atoms with Crippen molar-refractivity contribution in [3.8, 4) is 5.75 Å². The summed E-state index contributed by atoms with van der Waals surface area (Å²) in [7, 11) is 1.61. The minimum Gasteiger partial charge on any atom is -0.496 e. The van der Waals surface area contributed by atoms with E-state index in [0.717, 1.165) is 24.2 Å². The highest BCUT2D eigenvalue weighted by Crippen LogP contribution is 2.32. The Hall–Kier alpha value is -1.02. The smallest absolute Gasteiger partial charge is 0.140 e. The van der Waals surface area contributed by atoms with E-state index >= 15 is 0 Å². The minimum absolute atomic E-state index is 0.286. The standard InChI is InChI=1S/C12H13ClO2/c1-15-12-5-4-10(13)6-9(12)7-11(14)8-2-3-8/h4-6,8H,2-3,7H2,1H3. The Balaban J connectivity index is 2.17. The third-order valence-electron chi connectivity index (χ3n) is 2.64. The van der Waals surface area contributed by atoms with Crippen LogP contribution in [0.4, 0.5) is 0 Å². The number of ether oxygens (including phenoxy) is 1. The van der Waals surface area contributed by atoms with Gasteiger partial charge in [0.1, 0.15) is 11.5 Å². The Labute approximate surface area is 94.2 Å². The SMILES string of the molecule is COc1ccc(Cl)cc1CC(=O)C1CC1. The zero-order chi connectivity index (χ0) is 10.8. The molecular formula is C12H13ClO2. The number of halogens is 1. The third-order valence-corrected chi connectivity index (χ3v) is 2.87. The van der Waals surface area contributed by atoms with Crippen LogP contribution in [0, 0.1) is 5.92 Å². The number of rotatable bonds is 4. The van der Waals surface area contributed by atoms with Crippen LogP contribution < -0.4 is 4.74 Å². The summed E-state index contributed by atoms with van der Waals surface area (Å²) in [6, 6.07) is 5.38. The van der Waals surface area contributed by atoms with Crippen LogP contribution in [0.5, 0.6) is 5.75 Å². The molecule has 1 aliphatic carbocycles. The molecule has 1 aromatic rings. The van der Waals surface area contributed by atoms with E-state index < -0.39 is 0 Å². The lowest BCUT2D eigenvalue weighted by Gasteiger charge is -2.07. The van der Waals surface area contributed by atoms with Gasteiger partial charge < -0.3 is 4.74 Å². The summed E-state index contributed by atoms with van der Waals surface area (Å²) in [6.45, 7) is 0.